The fourth-order valence-corrected chi connectivity index (χ4v) is 4.94. The number of aromatic nitrogens is 4. The van der Waals surface area contributed by atoms with Gasteiger partial charge >= 0.3 is 0 Å². The average Bonchev–Trinajstić information content (AvgIpc) is 3.35. The second-order valence-electron chi connectivity index (χ2n) is 8.70. The van der Waals surface area contributed by atoms with Gasteiger partial charge in [0.05, 0.1) is 35.4 Å². The lowest BCUT2D eigenvalue weighted by molar-refractivity contribution is 0.117. The monoisotopic (exact) mass is 499 g/mol. The minimum atomic E-state index is -1.50. The summed E-state index contributed by atoms with van der Waals surface area (Å²) in [6, 6.07) is 19.0. The average molecular weight is 500 g/mol. The third-order valence-corrected chi connectivity index (χ3v) is 6.86. The van der Waals surface area contributed by atoms with Crippen LogP contribution in [0.1, 0.15) is 16.8 Å². The van der Waals surface area contributed by atoms with Crippen molar-refractivity contribution in [1.29, 1.82) is 0 Å². The molecule has 0 bridgehead atoms. The number of halogens is 1. The number of hydrogen-bond donors (Lipinski definition) is 2. The zero-order valence-corrected chi connectivity index (χ0v) is 20.8. The van der Waals surface area contributed by atoms with Crippen LogP contribution >= 0.6 is 11.6 Å². The maximum atomic E-state index is 12.3. The number of aliphatic hydroxyl groups excluding tert-OH is 1. The molecule has 36 heavy (non-hydrogen) atoms. The fourth-order valence-electron chi connectivity index (χ4n) is 4.59. The van der Waals surface area contributed by atoms with Crippen LogP contribution in [0, 0.1) is 0 Å². The van der Waals surface area contributed by atoms with Gasteiger partial charge in [-0.25, -0.2) is 9.97 Å². The Balaban J connectivity index is 1.79. The van der Waals surface area contributed by atoms with Gasteiger partial charge < -0.3 is 19.7 Å². The lowest BCUT2D eigenvalue weighted by Gasteiger charge is -2.30. The van der Waals surface area contributed by atoms with E-state index in [1.165, 1.54) is 0 Å². The van der Waals surface area contributed by atoms with Crippen LogP contribution < -0.4 is 4.90 Å². The molecule has 8 heteroatoms. The largest absolute Gasteiger partial charge is 0.395 e. The molecule has 2 aromatic carbocycles. The van der Waals surface area contributed by atoms with Gasteiger partial charge in [-0.3, -0.25) is 4.98 Å². The highest BCUT2D eigenvalue weighted by atomic mass is 35.5. The van der Waals surface area contributed by atoms with E-state index in [1.807, 2.05) is 67.5 Å². The molecule has 182 valence electrons. The van der Waals surface area contributed by atoms with Crippen LogP contribution in [0.5, 0.6) is 0 Å². The Kier molecular flexibility index (Phi) is 6.45. The molecule has 3 heterocycles. The molecule has 0 aliphatic heterocycles. The van der Waals surface area contributed by atoms with Gasteiger partial charge in [-0.05, 0) is 41.0 Å². The minimum Gasteiger partial charge on any atom is -0.395 e. The summed E-state index contributed by atoms with van der Waals surface area (Å²) >= 11 is 7.11. The van der Waals surface area contributed by atoms with Gasteiger partial charge in [0, 0.05) is 44.0 Å². The van der Waals surface area contributed by atoms with Crippen LogP contribution in [0.15, 0.2) is 85.6 Å². The number of nitrogens with zero attached hydrogens (tertiary/aromatic N) is 5. The van der Waals surface area contributed by atoms with Crippen LogP contribution in [0.3, 0.4) is 0 Å². The predicted octanol–water partition coefficient (Wildman–Crippen LogP) is 4.40. The standard InChI is InChI=1S/C28H26ClN5O2/c1-33(14-15-35)27-25(19-6-4-3-5-7-19)26(29)22-16-21(8-9-23(22)32-27)28(36,20-10-12-30-13-11-20)24-17-31-18-34(24)2/h3-13,16-18,35-36H,14-15H2,1-2H3/t28-/m0/s1. The Morgan fingerprint density at radius 2 is 1.75 bits per heavy atom. The van der Waals surface area contributed by atoms with E-state index in [4.69, 9.17) is 16.6 Å². The normalized spacial score (nSPS) is 13.0. The van der Waals surface area contributed by atoms with Crippen LogP contribution in [-0.2, 0) is 12.6 Å². The number of rotatable bonds is 7. The zero-order chi connectivity index (χ0) is 25.3. The van der Waals surface area contributed by atoms with Gasteiger partial charge in [0.1, 0.15) is 5.82 Å². The van der Waals surface area contributed by atoms with Gasteiger partial charge in [-0.1, -0.05) is 48.0 Å². The van der Waals surface area contributed by atoms with Crippen molar-refractivity contribution in [2.24, 2.45) is 7.05 Å². The summed E-state index contributed by atoms with van der Waals surface area (Å²) < 4.78 is 1.80. The molecule has 0 unspecified atom stereocenters. The Morgan fingerprint density at radius 3 is 2.42 bits per heavy atom. The molecule has 3 aromatic heterocycles. The summed E-state index contributed by atoms with van der Waals surface area (Å²) in [7, 11) is 3.73. The minimum absolute atomic E-state index is 0.00926. The van der Waals surface area contributed by atoms with Gasteiger partial charge in [-0.2, -0.15) is 0 Å². The maximum absolute atomic E-state index is 12.3. The lowest BCUT2D eigenvalue weighted by atomic mass is 9.83. The lowest BCUT2D eigenvalue weighted by Crippen LogP contribution is -2.31. The molecule has 7 nitrogen and oxygen atoms in total. The molecule has 1 atom stereocenters. The predicted molar refractivity (Wildman–Crippen MR) is 142 cm³/mol. The fraction of sp³-hybridized carbons (Fsp3) is 0.179. The summed E-state index contributed by atoms with van der Waals surface area (Å²) in [5.74, 6) is 0.677. The Morgan fingerprint density at radius 1 is 1.00 bits per heavy atom. The molecule has 0 spiro atoms. The van der Waals surface area contributed by atoms with Crippen LogP contribution in [0.2, 0.25) is 5.02 Å². The van der Waals surface area contributed by atoms with E-state index in [0.29, 0.717) is 45.1 Å². The molecule has 0 saturated heterocycles. The number of anilines is 1. The Hall–Kier alpha value is -3.78. The van der Waals surface area contributed by atoms with Crippen molar-refractivity contribution in [1.82, 2.24) is 19.5 Å². The highest BCUT2D eigenvalue weighted by molar-refractivity contribution is 6.38. The van der Waals surface area contributed by atoms with E-state index in [1.54, 1.807) is 41.6 Å². The summed E-state index contributed by atoms with van der Waals surface area (Å²) in [5, 5.41) is 23.0. The number of benzene rings is 2. The molecule has 0 radical (unpaired) electrons. The summed E-state index contributed by atoms with van der Waals surface area (Å²) in [4.78, 5) is 15.2. The Bertz CT molecular complexity index is 1510. The summed E-state index contributed by atoms with van der Waals surface area (Å²) in [6.07, 6.45) is 6.63. The number of aliphatic hydroxyl groups is 2. The van der Waals surface area contributed by atoms with Crippen molar-refractivity contribution in [2.75, 3.05) is 25.1 Å². The number of pyridine rings is 2. The van der Waals surface area contributed by atoms with Gasteiger partial charge in [-0.15, -0.1) is 0 Å². The molecule has 5 aromatic rings. The topological polar surface area (TPSA) is 87.3 Å². The molecule has 0 amide bonds. The van der Waals surface area contributed by atoms with E-state index in [-0.39, 0.29) is 6.61 Å². The second kappa shape index (κ2) is 9.70. The van der Waals surface area contributed by atoms with Crippen LogP contribution in [0.4, 0.5) is 5.82 Å². The molecule has 0 fully saturated rings. The number of likely N-dealkylation sites (N-methyl/N-ethyl adjacent to an activating group) is 1. The molecule has 2 N–H and O–H groups in total. The highest BCUT2D eigenvalue weighted by Gasteiger charge is 2.37. The van der Waals surface area contributed by atoms with Crippen LogP contribution in [0.25, 0.3) is 22.0 Å². The van der Waals surface area contributed by atoms with Crippen molar-refractivity contribution in [3.8, 4) is 11.1 Å². The van der Waals surface area contributed by atoms with E-state index >= 15 is 0 Å². The van der Waals surface area contributed by atoms with E-state index in [2.05, 4.69) is 9.97 Å². The maximum Gasteiger partial charge on any atom is 0.157 e. The molecule has 0 saturated carbocycles. The molecule has 0 aliphatic carbocycles. The molecular formula is C28H26ClN5O2. The number of fused-ring (bicyclic) bond motifs is 1. The molecule has 5 rings (SSSR count). The number of aryl methyl sites for hydroxylation is 1. The first kappa shape index (κ1) is 23.9. The smallest absolute Gasteiger partial charge is 0.157 e. The third kappa shape index (κ3) is 4.01. The first-order valence-electron chi connectivity index (χ1n) is 11.6. The second-order valence-corrected chi connectivity index (χ2v) is 9.08. The van der Waals surface area contributed by atoms with E-state index < -0.39 is 5.60 Å². The van der Waals surface area contributed by atoms with Crippen molar-refractivity contribution in [2.45, 2.75) is 5.60 Å². The van der Waals surface area contributed by atoms with Gasteiger partial charge in [0.2, 0.25) is 0 Å². The number of imidazole rings is 1. The molecular weight excluding hydrogens is 474 g/mol. The van der Waals surface area contributed by atoms with Crippen molar-refractivity contribution in [3.63, 3.8) is 0 Å². The van der Waals surface area contributed by atoms with E-state index in [9.17, 15) is 10.2 Å². The first-order valence-corrected chi connectivity index (χ1v) is 11.9. The Labute approximate surface area is 214 Å². The van der Waals surface area contributed by atoms with Crippen LogP contribution in [-0.4, -0.2) is 49.9 Å². The third-order valence-electron chi connectivity index (χ3n) is 6.47. The highest BCUT2D eigenvalue weighted by Crippen LogP contribution is 2.43. The molecule has 0 aliphatic rings. The summed E-state index contributed by atoms with van der Waals surface area (Å²) in [5.41, 5.74) is 2.77. The zero-order valence-electron chi connectivity index (χ0n) is 20.0. The van der Waals surface area contributed by atoms with Gasteiger partial charge in [0.15, 0.2) is 5.60 Å². The summed E-state index contributed by atoms with van der Waals surface area (Å²) in [6.45, 7) is 0.402. The quantitative estimate of drug-likeness (QED) is 0.345. The SMILES string of the molecule is CN(CCO)c1nc2ccc([C@@](O)(c3ccncc3)c3cncn3C)cc2c(Cl)c1-c1ccccc1. The van der Waals surface area contributed by atoms with Crippen molar-refractivity contribution < 1.29 is 10.2 Å². The van der Waals surface area contributed by atoms with Gasteiger partial charge in [0.25, 0.3) is 0 Å². The number of hydrogen-bond acceptors (Lipinski definition) is 6. The van der Waals surface area contributed by atoms with Crippen molar-refractivity contribution >= 4 is 28.3 Å². The van der Waals surface area contributed by atoms with E-state index in [0.717, 1.165) is 11.1 Å². The first-order chi connectivity index (χ1) is 17.4. The van der Waals surface area contributed by atoms with Crippen molar-refractivity contribution in [3.05, 3.63) is 107 Å².